The monoisotopic (exact) mass is 538 g/mol. The minimum Gasteiger partial charge on any atom is -0.372 e. The maximum atomic E-state index is 15.1. The van der Waals surface area contributed by atoms with Crippen LogP contribution in [0.1, 0.15) is 18.4 Å². The van der Waals surface area contributed by atoms with Crippen LogP contribution in [-0.2, 0) is 16.1 Å². The number of benzene rings is 2. The molecule has 0 spiro atoms. The Morgan fingerprint density at radius 1 is 1.16 bits per heavy atom. The summed E-state index contributed by atoms with van der Waals surface area (Å²) in [5.41, 5.74) is 2.06. The van der Waals surface area contributed by atoms with Crippen molar-refractivity contribution in [3.8, 4) is 11.1 Å². The molecule has 1 saturated heterocycles. The highest BCUT2D eigenvalue weighted by atomic mass is 32.2. The second kappa shape index (κ2) is 9.81. The number of nitrogens with zero attached hydrogens (tertiary/aromatic N) is 4. The number of thioether (sulfide) groups is 1. The number of hydrogen-bond donors (Lipinski definition) is 0. The summed E-state index contributed by atoms with van der Waals surface area (Å²) in [4.78, 5) is 34.7. The van der Waals surface area contributed by atoms with Gasteiger partial charge in [0.1, 0.15) is 17.5 Å². The molecule has 6 rings (SSSR count). The van der Waals surface area contributed by atoms with Gasteiger partial charge in [-0.05, 0) is 49.6 Å². The molecular weight excluding hydrogens is 510 g/mol. The molecule has 3 aliphatic rings. The molecule has 1 saturated carbocycles. The van der Waals surface area contributed by atoms with E-state index in [1.54, 1.807) is 21.2 Å². The molecule has 1 aromatic heterocycles. The molecule has 2 aliphatic heterocycles. The molecule has 2 aromatic carbocycles. The summed E-state index contributed by atoms with van der Waals surface area (Å²) in [7, 11) is 0. The van der Waals surface area contributed by atoms with Crippen LogP contribution in [0.3, 0.4) is 0 Å². The molecule has 3 aromatic rings. The van der Waals surface area contributed by atoms with E-state index < -0.39 is 11.6 Å². The van der Waals surface area contributed by atoms with Crippen LogP contribution in [0.2, 0.25) is 0 Å². The first-order valence-electron chi connectivity index (χ1n) is 12.8. The van der Waals surface area contributed by atoms with Gasteiger partial charge in [-0.1, -0.05) is 6.58 Å². The molecule has 7 nitrogen and oxygen atoms in total. The lowest BCUT2D eigenvalue weighted by molar-refractivity contribution is -0.126. The largest absolute Gasteiger partial charge is 0.372 e. The normalized spacial score (nSPS) is 19.5. The van der Waals surface area contributed by atoms with Crippen molar-refractivity contribution in [1.29, 1.82) is 0 Å². The van der Waals surface area contributed by atoms with Crippen molar-refractivity contribution in [2.24, 2.45) is 0 Å². The van der Waals surface area contributed by atoms with Gasteiger partial charge in [-0.3, -0.25) is 9.36 Å². The highest BCUT2D eigenvalue weighted by Crippen LogP contribution is 2.44. The number of hydrogen-bond acceptors (Lipinski definition) is 6. The minimum absolute atomic E-state index is 0.119. The summed E-state index contributed by atoms with van der Waals surface area (Å²) in [5.74, 6) is -0.247. The Morgan fingerprint density at radius 3 is 2.61 bits per heavy atom. The number of amides is 1. The number of piperazine rings is 1. The smallest absolute Gasteiger partial charge is 0.350 e. The van der Waals surface area contributed by atoms with E-state index >= 15 is 4.39 Å². The highest BCUT2D eigenvalue weighted by Gasteiger charge is 2.32. The van der Waals surface area contributed by atoms with Gasteiger partial charge in [-0.2, -0.15) is 4.98 Å². The molecule has 3 heterocycles. The summed E-state index contributed by atoms with van der Waals surface area (Å²) in [6.07, 6.45) is 3.37. The number of carbonyl (C=O) groups is 1. The molecule has 10 heteroatoms. The second-order valence-electron chi connectivity index (χ2n) is 10.0. The van der Waals surface area contributed by atoms with Crippen molar-refractivity contribution in [2.45, 2.75) is 43.4 Å². The Balaban J connectivity index is 1.52. The van der Waals surface area contributed by atoms with Crippen molar-refractivity contribution >= 4 is 34.4 Å². The first kappa shape index (κ1) is 25.1. The number of aromatic nitrogens is 2. The van der Waals surface area contributed by atoms with Crippen LogP contribution in [0, 0.1) is 18.6 Å². The Bertz CT molecular complexity index is 1510. The van der Waals surface area contributed by atoms with Crippen LogP contribution < -0.4 is 10.6 Å². The van der Waals surface area contributed by atoms with Gasteiger partial charge in [-0.15, -0.1) is 11.8 Å². The lowest BCUT2D eigenvalue weighted by Crippen LogP contribution is -2.49. The van der Waals surface area contributed by atoms with Crippen molar-refractivity contribution in [2.75, 3.05) is 36.8 Å². The fraction of sp³-hybridized carbons (Fsp3) is 0.393. The van der Waals surface area contributed by atoms with Gasteiger partial charge in [0, 0.05) is 59.4 Å². The van der Waals surface area contributed by atoms with E-state index in [0.717, 1.165) is 34.8 Å². The van der Waals surface area contributed by atoms with E-state index in [1.807, 2.05) is 17.9 Å². The number of halogens is 2. The predicted molar refractivity (Wildman–Crippen MR) is 144 cm³/mol. The van der Waals surface area contributed by atoms with E-state index in [1.165, 1.54) is 18.2 Å². The summed E-state index contributed by atoms with van der Waals surface area (Å²) in [6, 6.07) is 5.55. The van der Waals surface area contributed by atoms with Crippen LogP contribution in [0.25, 0.3) is 22.0 Å². The first-order valence-corrected chi connectivity index (χ1v) is 13.8. The summed E-state index contributed by atoms with van der Waals surface area (Å²) in [5, 5.41) is 0.798. The number of ether oxygens (including phenoxy) is 1. The number of carbonyl (C=O) groups excluding carboxylic acids is 1. The lowest BCUT2D eigenvalue weighted by Gasteiger charge is -2.35. The van der Waals surface area contributed by atoms with Crippen molar-refractivity contribution < 1.29 is 18.3 Å². The summed E-state index contributed by atoms with van der Waals surface area (Å²) >= 11 is 1.54. The number of anilines is 1. The second-order valence-corrected chi connectivity index (χ2v) is 11.1. The highest BCUT2D eigenvalue weighted by molar-refractivity contribution is 7.99. The van der Waals surface area contributed by atoms with Gasteiger partial charge in [0.25, 0.3) is 0 Å². The van der Waals surface area contributed by atoms with Crippen molar-refractivity contribution in [1.82, 2.24) is 14.5 Å². The molecule has 198 valence electrons. The van der Waals surface area contributed by atoms with Gasteiger partial charge in [0.2, 0.25) is 5.91 Å². The molecule has 38 heavy (non-hydrogen) atoms. The van der Waals surface area contributed by atoms with Crippen LogP contribution >= 0.6 is 11.8 Å². The number of rotatable bonds is 5. The molecule has 1 amide bonds. The third kappa shape index (κ3) is 4.49. The predicted octanol–water partition coefficient (Wildman–Crippen LogP) is 4.14. The standard InChI is InChI=1S/C28H28F2N4O3S/c1-3-23(35)32-8-10-33(11-9-32)27-21-12-16(2)24(20-7-4-17(29)13-22(20)30)26-25(21)34(28(36)31-27)14-19(15-38-26)37-18-5-6-18/h3-4,7,12-13,18-19H,1,5-6,8-11,14-15H2,2H3. The summed E-state index contributed by atoms with van der Waals surface area (Å²) < 4.78 is 36.7. The molecule has 0 N–H and O–H groups in total. The summed E-state index contributed by atoms with van der Waals surface area (Å²) in [6.45, 7) is 7.86. The van der Waals surface area contributed by atoms with E-state index in [-0.39, 0.29) is 23.8 Å². The molecule has 1 atom stereocenters. The molecule has 2 fully saturated rings. The average molecular weight is 539 g/mol. The SMILES string of the molecule is C=CC(=O)N1CCN(c2nc(=O)n3c4c(c(-c5ccc(F)cc5F)c(C)cc24)SCC(OC2CC2)C3)CC1. The molecule has 1 unspecified atom stereocenters. The van der Waals surface area contributed by atoms with Gasteiger partial charge >= 0.3 is 5.69 Å². The number of aryl methyl sites for hydroxylation is 1. The van der Waals surface area contributed by atoms with Crippen LogP contribution in [0.4, 0.5) is 14.6 Å². The lowest BCUT2D eigenvalue weighted by atomic mass is 9.97. The molecule has 1 aliphatic carbocycles. The zero-order valence-electron chi connectivity index (χ0n) is 21.1. The maximum Gasteiger partial charge on any atom is 0.350 e. The quantitative estimate of drug-likeness (QED) is 0.455. The van der Waals surface area contributed by atoms with E-state index in [4.69, 9.17) is 4.74 Å². The Morgan fingerprint density at radius 2 is 1.92 bits per heavy atom. The molecule has 0 radical (unpaired) electrons. The fourth-order valence-corrected chi connectivity index (χ4v) is 6.67. The zero-order valence-corrected chi connectivity index (χ0v) is 21.9. The van der Waals surface area contributed by atoms with Crippen LogP contribution in [0.5, 0.6) is 0 Å². The van der Waals surface area contributed by atoms with Gasteiger partial charge in [0.05, 0.1) is 24.3 Å². The van der Waals surface area contributed by atoms with Crippen LogP contribution in [0.15, 0.2) is 46.6 Å². The minimum atomic E-state index is -0.648. The average Bonchev–Trinajstić information content (AvgIpc) is 3.74. The first-order chi connectivity index (χ1) is 18.3. The third-order valence-corrected chi connectivity index (χ3v) is 8.60. The van der Waals surface area contributed by atoms with Gasteiger partial charge in [-0.25, -0.2) is 13.6 Å². The molecule has 0 bridgehead atoms. The van der Waals surface area contributed by atoms with E-state index in [9.17, 15) is 14.0 Å². The Hall–Kier alpha value is -3.24. The molecular formula is C28H28F2N4O3S. The Labute approximate surface area is 223 Å². The topological polar surface area (TPSA) is 67.7 Å². The van der Waals surface area contributed by atoms with E-state index in [2.05, 4.69) is 11.6 Å². The van der Waals surface area contributed by atoms with Crippen molar-refractivity contribution in [3.05, 3.63) is 64.6 Å². The zero-order chi connectivity index (χ0) is 26.6. The Kier molecular flexibility index (Phi) is 6.47. The van der Waals surface area contributed by atoms with Crippen LogP contribution in [-0.4, -0.2) is 64.5 Å². The third-order valence-electron chi connectivity index (χ3n) is 7.37. The maximum absolute atomic E-state index is 15.1. The fourth-order valence-electron chi connectivity index (χ4n) is 5.36. The van der Waals surface area contributed by atoms with E-state index in [0.29, 0.717) is 60.9 Å². The van der Waals surface area contributed by atoms with Gasteiger partial charge < -0.3 is 14.5 Å². The van der Waals surface area contributed by atoms with Gasteiger partial charge in [0.15, 0.2) is 0 Å². The van der Waals surface area contributed by atoms with Crippen molar-refractivity contribution in [3.63, 3.8) is 0 Å².